The number of carboxylic acid groups (broad SMARTS) is 1. The summed E-state index contributed by atoms with van der Waals surface area (Å²) in [6.07, 6.45) is 1.52. The normalized spacial score (nSPS) is 10.7. The minimum absolute atomic E-state index is 0.0878. The van der Waals surface area contributed by atoms with Crippen LogP contribution in [-0.4, -0.2) is 25.8 Å². The van der Waals surface area contributed by atoms with Gasteiger partial charge in [0.2, 0.25) is 0 Å². The van der Waals surface area contributed by atoms with E-state index in [1.165, 1.54) is 12.1 Å². The van der Waals surface area contributed by atoms with Crippen molar-refractivity contribution in [1.82, 2.24) is 14.8 Å². The molecule has 19 heavy (non-hydrogen) atoms. The van der Waals surface area contributed by atoms with Crippen molar-refractivity contribution < 1.29 is 9.90 Å². The molecule has 0 saturated heterocycles. The number of aryl methyl sites for hydroxylation is 2. The first-order valence-electron chi connectivity index (χ1n) is 6.04. The molecule has 0 saturated carbocycles. The summed E-state index contributed by atoms with van der Waals surface area (Å²) in [7, 11) is 0. The van der Waals surface area contributed by atoms with Crippen molar-refractivity contribution in [2.45, 2.75) is 26.7 Å². The van der Waals surface area contributed by atoms with Gasteiger partial charge < -0.3 is 5.11 Å². The van der Waals surface area contributed by atoms with Gasteiger partial charge >= 0.3 is 5.97 Å². The quantitative estimate of drug-likeness (QED) is 0.874. The Morgan fingerprint density at radius 3 is 2.68 bits per heavy atom. The maximum atomic E-state index is 11.3. The number of nitrogens with zero attached hydrogens (tertiary/aromatic N) is 3. The van der Waals surface area contributed by atoms with Gasteiger partial charge in [0, 0.05) is 5.69 Å². The second-order valence-corrected chi connectivity index (χ2v) is 4.44. The Hall–Kier alpha value is -1.88. The summed E-state index contributed by atoms with van der Waals surface area (Å²) in [5, 5.41) is 13.9. The number of hydrogen-bond donors (Lipinski definition) is 1. The summed E-state index contributed by atoms with van der Waals surface area (Å²) >= 11 is 5.86. The van der Waals surface area contributed by atoms with Crippen LogP contribution in [0.3, 0.4) is 0 Å². The first-order chi connectivity index (χ1) is 9.06. The van der Waals surface area contributed by atoms with E-state index in [9.17, 15) is 9.90 Å². The highest BCUT2D eigenvalue weighted by Crippen LogP contribution is 2.19. The second kappa shape index (κ2) is 5.40. The predicted molar refractivity (Wildman–Crippen MR) is 72.1 cm³/mol. The number of aromatic carboxylic acids is 1. The average Bonchev–Trinajstić information content (AvgIpc) is 2.81. The zero-order valence-electron chi connectivity index (χ0n) is 10.7. The van der Waals surface area contributed by atoms with Crippen LogP contribution in [0, 0.1) is 0 Å². The molecule has 5 nitrogen and oxygen atoms in total. The summed E-state index contributed by atoms with van der Waals surface area (Å²) in [6, 6.07) is 4.86. The third kappa shape index (κ3) is 2.61. The maximum absolute atomic E-state index is 11.3. The van der Waals surface area contributed by atoms with Crippen molar-refractivity contribution in [1.29, 1.82) is 0 Å². The molecule has 0 aliphatic rings. The van der Waals surface area contributed by atoms with E-state index >= 15 is 0 Å². The molecule has 0 aliphatic heterocycles. The van der Waals surface area contributed by atoms with E-state index in [0.717, 1.165) is 24.2 Å². The molecule has 6 heteroatoms. The fourth-order valence-electron chi connectivity index (χ4n) is 1.84. The Kier molecular flexibility index (Phi) is 3.85. The fraction of sp³-hybridized carbons (Fsp3) is 0.308. The molecule has 0 amide bonds. The molecule has 1 N–H and O–H groups in total. The molecule has 0 unspecified atom stereocenters. The van der Waals surface area contributed by atoms with Crippen LogP contribution in [0.5, 0.6) is 0 Å². The lowest BCUT2D eigenvalue weighted by Gasteiger charge is -2.08. The van der Waals surface area contributed by atoms with Gasteiger partial charge in [0.05, 0.1) is 5.69 Å². The van der Waals surface area contributed by atoms with E-state index in [1.54, 1.807) is 4.68 Å². The number of pyridine rings is 1. The molecule has 100 valence electrons. The fourth-order valence-corrected chi connectivity index (χ4v) is 1.98. The monoisotopic (exact) mass is 279 g/mol. The van der Waals surface area contributed by atoms with Crippen LogP contribution in [0.15, 0.2) is 18.2 Å². The summed E-state index contributed by atoms with van der Waals surface area (Å²) in [6.45, 7) is 3.98. The van der Waals surface area contributed by atoms with Gasteiger partial charge in [-0.05, 0) is 31.0 Å². The molecule has 0 spiro atoms. The number of aromatic nitrogens is 3. The minimum Gasteiger partial charge on any atom is -0.478 e. The molecule has 0 aromatic carbocycles. The number of hydrogen-bond acceptors (Lipinski definition) is 3. The van der Waals surface area contributed by atoms with Crippen molar-refractivity contribution in [3.05, 3.63) is 40.3 Å². The van der Waals surface area contributed by atoms with Crippen molar-refractivity contribution >= 4 is 17.6 Å². The molecule has 0 aliphatic carbocycles. The standard InChI is InChI=1S/C13H14ClN3O2/c1-3-8-7-9(4-2)17(16-8)12-10(13(18)19)5-6-11(14)15-12/h5-7H,3-4H2,1-2H3,(H,18,19). The maximum Gasteiger partial charge on any atom is 0.339 e. The molecular formula is C13H14ClN3O2. The first-order valence-corrected chi connectivity index (χ1v) is 6.42. The van der Waals surface area contributed by atoms with E-state index in [1.807, 2.05) is 19.9 Å². The van der Waals surface area contributed by atoms with Crippen molar-refractivity contribution in [3.63, 3.8) is 0 Å². The minimum atomic E-state index is -1.05. The van der Waals surface area contributed by atoms with Gasteiger partial charge in [-0.25, -0.2) is 14.5 Å². The van der Waals surface area contributed by atoms with Gasteiger partial charge in [-0.15, -0.1) is 0 Å². The third-order valence-corrected chi connectivity index (χ3v) is 3.04. The Balaban J connectivity index is 2.66. The summed E-state index contributed by atoms with van der Waals surface area (Å²) in [5.41, 5.74) is 1.90. The van der Waals surface area contributed by atoms with Crippen LogP contribution in [0.4, 0.5) is 0 Å². The number of carbonyl (C=O) groups is 1. The zero-order chi connectivity index (χ0) is 14.0. The lowest BCUT2D eigenvalue weighted by Crippen LogP contribution is -2.11. The van der Waals surface area contributed by atoms with Gasteiger partial charge in [0.1, 0.15) is 10.7 Å². The topological polar surface area (TPSA) is 68.0 Å². The van der Waals surface area contributed by atoms with Crippen LogP contribution < -0.4 is 0 Å². The largest absolute Gasteiger partial charge is 0.478 e. The molecule has 0 fully saturated rings. The third-order valence-electron chi connectivity index (χ3n) is 2.83. The van der Waals surface area contributed by atoms with Gasteiger partial charge in [0.15, 0.2) is 5.82 Å². The lowest BCUT2D eigenvalue weighted by molar-refractivity contribution is 0.0696. The highest BCUT2D eigenvalue weighted by molar-refractivity contribution is 6.29. The second-order valence-electron chi connectivity index (χ2n) is 4.06. The SMILES string of the molecule is CCc1cc(CC)n(-c2nc(Cl)ccc2C(=O)O)n1. The van der Waals surface area contributed by atoms with Gasteiger partial charge in [0.25, 0.3) is 0 Å². The van der Waals surface area contributed by atoms with E-state index in [0.29, 0.717) is 0 Å². The number of rotatable bonds is 4. The zero-order valence-corrected chi connectivity index (χ0v) is 11.5. The van der Waals surface area contributed by atoms with Crippen LogP contribution in [-0.2, 0) is 12.8 Å². The molecule has 2 rings (SSSR count). The predicted octanol–water partition coefficient (Wildman–Crippen LogP) is 2.74. The molecule has 0 radical (unpaired) electrons. The average molecular weight is 280 g/mol. The number of halogens is 1. The van der Waals surface area contributed by atoms with Crippen LogP contribution in [0.2, 0.25) is 5.15 Å². The van der Waals surface area contributed by atoms with Crippen molar-refractivity contribution in [3.8, 4) is 5.82 Å². The Bertz CT molecular complexity index is 622. The Morgan fingerprint density at radius 1 is 1.37 bits per heavy atom. The molecular weight excluding hydrogens is 266 g/mol. The van der Waals surface area contributed by atoms with Crippen molar-refractivity contribution in [2.24, 2.45) is 0 Å². The van der Waals surface area contributed by atoms with E-state index in [-0.39, 0.29) is 16.5 Å². The Labute approximate surface area is 115 Å². The van der Waals surface area contributed by atoms with Crippen molar-refractivity contribution in [2.75, 3.05) is 0 Å². The highest BCUT2D eigenvalue weighted by Gasteiger charge is 2.17. The molecule has 0 bridgehead atoms. The van der Waals surface area contributed by atoms with Gasteiger partial charge in [-0.2, -0.15) is 5.10 Å². The van der Waals surface area contributed by atoms with E-state index < -0.39 is 5.97 Å². The van der Waals surface area contributed by atoms with Crippen LogP contribution in [0.1, 0.15) is 35.6 Å². The van der Waals surface area contributed by atoms with Crippen LogP contribution >= 0.6 is 11.6 Å². The molecule has 0 atom stereocenters. The summed E-state index contributed by atoms with van der Waals surface area (Å²) in [4.78, 5) is 15.4. The Morgan fingerprint density at radius 2 is 2.11 bits per heavy atom. The number of carboxylic acids is 1. The molecule has 2 heterocycles. The van der Waals surface area contributed by atoms with Gasteiger partial charge in [-0.1, -0.05) is 25.4 Å². The summed E-state index contributed by atoms with van der Waals surface area (Å²) in [5.74, 6) is -0.786. The van der Waals surface area contributed by atoms with Gasteiger partial charge in [-0.3, -0.25) is 0 Å². The van der Waals surface area contributed by atoms with Crippen LogP contribution in [0.25, 0.3) is 5.82 Å². The highest BCUT2D eigenvalue weighted by atomic mass is 35.5. The molecule has 2 aromatic rings. The summed E-state index contributed by atoms with van der Waals surface area (Å²) < 4.78 is 1.56. The smallest absolute Gasteiger partial charge is 0.339 e. The molecule has 2 aromatic heterocycles. The van der Waals surface area contributed by atoms with E-state index in [2.05, 4.69) is 10.1 Å². The first kappa shape index (κ1) is 13.5. The van der Waals surface area contributed by atoms with E-state index in [4.69, 9.17) is 11.6 Å². The lowest BCUT2D eigenvalue weighted by atomic mass is 10.2.